The number of thiophene rings is 1. The van der Waals surface area contributed by atoms with Gasteiger partial charge in [0.1, 0.15) is 0 Å². The lowest BCUT2D eigenvalue weighted by atomic mass is 10.3. The molecule has 0 fully saturated rings. The van der Waals surface area contributed by atoms with Gasteiger partial charge in [0.15, 0.2) is 0 Å². The predicted molar refractivity (Wildman–Crippen MR) is 88.3 cm³/mol. The van der Waals surface area contributed by atoms with Gasteiger partial charge in [0, 0.05) is 19.9 Å². The van der Waals surface area contributed by atoms with Crippen LogP contribution in [0.1, 0.15) is 4.88 Å². The average molecular weight is 389 g/mol. The Balaban J connectivity index is 1.75. The Morgan fingerprint density at radius 2 is 2.22 bits per heavy atom. The van der Waals surface area contributed by atoms with E-state index >= 15 is 0 Å². The monoisotopic (exact) mass is 389 g/mol. The Morgan fingerprint density at radius 3 is 2.94 bits per heavy atom. The molecule has 0 spiro atoms. The van der Waals surface area contributed by atoms with Gasteiger partial charge in [-0.3, -0.25) is 4.79 Å². The summed E-state index contributed by atoms with van der Waals surface area (Å²) < 4.78 is 1.12. The molecule has 1 N–H and O–H groups in total. The Hall–Kier alpha value is -0.530. The largest absolute Gasteiger partial charge is 0.325 e. The Morgan fingerprint density at radius 1 is 1.33 bits per heavy atom. The summed E-state index contributed by atoms with van der Waals surface area (Å²) in [4.78, 5) is 13.0. The lowest BCUT2D eigenvalue weighted by molar-refractivity contribution is -0.113. The molecule has 5 heteroatoms. The number of hydrogen-bond donors (Lipinski definition) is 1. The number of carbonyl (C=O) groups excluding carboxylic acids is 1. The number of benzene rings is 1. The van der Waals surface area contributed by atoms with Gasteiger partial charge in [0.2, 0.25) is 5.91 Å². The standard InChI is InChI=1S/C13H12INOS2/c14-10-3-1-4-11(7-10)15-13(16)9-17-8-12-5-2-6-18-12/h1-7H,8-9H2,(H,15,16). The van der Waals surface area contributed by atoms with Crippen molar-refractivity contribution in [3.05, 3.63) is 50.2 Å². The first-order valence-electron chi connectivity index (χ1n) is 5.39. The van der Waals surface area contributed by atoms with Gasteiger partial charge in [-0.05, 0) is 52.2 Å². The van der Waals surface area contributed by atoms with Crippen LogP contribution in [-0.4, -0.2) is 11.7 Å². The SMILES string of the molecule is O=C(CSCc1cccs1)Nc1cccc(I)c1. The minimum Gasteiger partial charge on any atom is -0.325 e. The maximum absolute atomic E-state index is 11.7. The number of hydrogen-bond acceptors (Lipinski definition) is 3. The molecule has 2 rings (SSSR count). The van der Waals surface area contributed by atoms with E-state index in [4.69, 9.17) is 0 Å². The van der Waals surface area contributed by atoms with Gasteiger partial charge < -0.3 is 5.32 Å². The summed E-state index contributed by atoms with van der Waals surface area (Å²) >= 11 is 5.60. The molecule has 0 aliphatic rings. The van der Waals surface area contributed by atoms with E-state index in [1.165, 1.54) is 4.88 Å². The first-order chi connectivity index (χ1) is 8.74. The minimum atomic E-state index is 0.0542. The molecule has 0 aliphatic carbocycles. The fourth-order valence-corrected chi connectivity index (χ4v) is 3.61. The van der Waals surface area contributed by atoms with Crippen LogP contribution in [0, 0.1) is 3.57 Å². The fourth-order valence-electron chi connectivity index (χ4n) is 1.40. The molecule has 0 bridgehead atoms. The smallest absolute Gasteiger partial charge is 0.234 e. The van der Waals surface area contributed by atoms with Crippen molar-refractivity contribution in [3.8, 4) is 0 Å². The number of thioether (sulfide) groups is 1. The fraction of sp³-hybridized carbons (Fsp3) is 0.154. The molecular formula is C13H12INOS2. The molecule has 1 heterocycles. The zero-order valence-corrected chi connectivity index (χ0v) is 13.3. The minimum absolute atomic E-state index is 0.0542. The van der Waals surface area contributed by atoms with Crippen molar-refractivity contribution in [1.29, 1.82) is 0 Å². The molecule has 1 amide bonds. The van der Waals surface area contributed by atoms with Crippen LogP contribution < -0.4 is 5.32 Å². The van der Waals surface area contributed by atoms with Crippen LogP contribution >= 0.6 is 45.7 Å². The molecule has 0 aliphatic heterocycles. The van der Waals surface area contributed by atoms with Crippen LogP contribution in [0.4, 0.5) is 5.69 Å². The molecule has 2 nitrogen and oxygen atoms in total. The van der Waals surface area contributed by atoms with Crippen molar-refractivity contribution in [2.75, 3.05) is 11.1 Å². The van der Waals surface area contributed by atoms with E-state index in [2.05, 4.69) is 39.4 Å². The molecule has 0 saturated carbocycles. The first kappa shape index (κ1) is 13.9. The second kappa shape index (κ2) is 7.16. The van der Waals surface area contributed by atoms with Gasteiger partial charge in [-0.2, -0.15) is 0 Å². The summed E-state index contributed by atoms with van der Waals surface area (Å²) in [5.74, 6) is 1.44. The second-order valence-electron chi connectivity index (χ2n) is 3.63. The Bertz CT molecular complexity index is 513. The molecule has 2 aromatic rings. The van der Waals surface area contributed by atoms with Crippen LogP contribution in [0.15, 0.2) is 41.8 Å². The Labute approximate surface area is 128 Å². The third-order valence-corrected chi connectivity index (χ3v) is 4.88. The summed E-state index contributed by atoms with van der Waals surface area (Å²) in [5, 5.41) is 4.96. The van der Waals surface area contributed by atoms with Crippen molar-refractivity contribution in [2.24, 2.45) is 0 Å². The maximum atomic E-state index is 11.7. The van der Waals surface area contributed by atoms with Gasteiger partial charge >= 0.3 is 0 Å². The van der Waals surface area contributed by atoms with Crippen molar-refractivity contribution >= 4 is 57.3 Å². The summed E-state index contributed by atoms with van der Waals surface area (Å²) in [6, 6.07) is 11.9. The van der Waals surface area contributed by atoms with Gasteiger partial charge in [-0.15, -0.1) is 23.1 Å². The van der Waals surface area contributed by atoms with Crippen molar-refractivity contribution in [3.63, 3.8) is 0 Å². The topological polar surface area (TPSA) is 29.1 Å². The molecule has 0 unspecified atom stereocenters. The third-order valence-electron chi connectivity index (χ3n) is 2.17. The van der Waals surface area contributed by atoms with Crippen molar-refractivity contribution < 1.29 is 4.79 Å². The van der Waals surface area contributed by atoms with E-state index in [1.807, 2.05) is 30.3 Å². The van der Waals surface area contributed by atoms with E-state index in [9.17, 15) is 4.79 Å². The molecule has 0 atom stereocenters. The van der Waals surface area contributed by atoms with Gasteiger partial charge in [0.25, 0.3) is 0 Å². The first-order valence-corrected chi connectivity index (χ1v) is 8.51. The molecule has 0 saturated heterocycles. The number of halogens is 1. The highest BCUT2D eigenvalue weighted by atomic mass is 127. The predicted octanol–water partition coefficient (Wildman–Crippen LogP) is 4.22. The molecule has 1 aromatic heterocycles. The number of amides is 1. The van der Waals surface area contributed by atoms with Gasteiger partial charge in [-0.1, -0.05) is 12.1 Å². The molecule has 0 radical (unpaired) electrons. The number of rotatable bonds is 5. The van der Waals surface area contributed by atoms with Crippen LogP contribution in [0.3, 0.4) is 0 Å². The molecule has 18 heavy (non-hydrogen) atoms. The Kier molecular flexibility index (Phi) is 5.52. The van der Waals surface area contributed by atoms with Crippen LogP contribution in [0.25, 0.3) is 0 Å². The number of anilines is 1. The third kappa shape index (κ3) is 4.62. The van der Waals surface area contributed by atoms with E-state index in [0.29, 0.717) is 5.75 Å². The highest BCUT2D eigenvalue weighted by Crippen LogP contribution is 2.17. The van der Waals surface area contributed by atoms with Gasteiger partial charge in [-0.25, -0.2) is 0 Å². The summed E-state index contributed by atoms with van der Waals surface area (Å²) in [6.45, 7) is 0. The van der Waals surface area contributed by atoms with E-state index in [1.54, 1.807) is 23.1 Å². The van der Waals surface area contributed by atoms with E-state index in [-0.39, 0.29) is 5.91 Å². The molecule has 94 valence electrons. The summed E-state index contributed by atoms with van der Waals surface area (Å²) in [5.41, 5.74) is 0.864. The van der Waals surface area contributed by atoms with E-state index < -0.39 is 0 Å². The van der Waals surface area contributed by atoms with Crippen molar-refractivity contribution in [2.45, 2.75) is 5.75 Å². The maximum Gasteiger partial charge on any atom is 0.234 e. The van der Waals surface area contributed by atoms with Gasteiger partial charge in [0.05, 0.1) is 5.75 Å². The number of nitrogens with one attached hydrogen (secondary N) is 1. The summed E-state index contributed by atoms with van der Waals surface area (Å²) in [7, 11) is 0. The molecular weight excluding hydrogens is 377 g/mol. The normalized spacial score (nSPS) is 10.3. The van der Waals surface area contributed by atoms with Crippen LogP contribution in [-0.2, 0) is 10.5 Å². The zero-order valence-electron chi connectivity index (χ0n) is 9.56. The summed E-state index contributed by atoms with van der Waals surface area (Å²) in [6.07, 6.45) is 0. The average Bonchev–Trinajstić information content (AvgIpc) is 2.82. The number of carbonyl (C=O) groups is 1. The highest BCUT2D eigenvalue weighted by Gasteiger charge is 2.03. The lowest BCUT2D eigenvalue weighted by Gasteiger charge is -2.05. The second-order valence-corrected chi connectivity index (χ2v) is 6.89. The lowest BCUT2D eigenvalue weighted by Crippen LogP contribution is -2.14. The molecule has 1 aromatic carbocycles. The van der Waals surface area contributed by atoms with Crippen LogP contribution in [0.2, 0.25) is 0 Å². The zero-order chi connectivity index (χ0) is 12.8. The highest BCUT2D eigenvalue weighted by molar-refractivity contribution is 14.1. The quantitative estimate of drug-likeness (QED) is 0.776. The van der Waals surface area contributed by atoms with Crippen molar-refractivity contribution in [1.82, 2.24) is 0 Å². The van der Waals surface area contributed by atoms with E-state index in [0.717, 1.165) is 15.0 Å². The van der Waals surface area contributed by atoms with Crippen LogP contribution in [0.5, 0.6) is 0 Å².